The Morgan fingerprint density at radius 1 is 0.909 bits per heavy atom. The van der Waals surface area contributed by atoms with Gasteiger partial charge in [-0.05, 0) is 73.5 Å². The minimum Gasteiger partial charge on any atom is -0.497 e. The van der Waals surface area contributed by atoms with Crippen LogP contribution in [0.5, 0.6) is 11.5 Å². The first-order chi connectivity index (χ1) is 16.2. The zero-order valence-electron chi connectivity index (χ0n) is 18.9. The van der Waals surface area contributed by atoms with Crippen LogP contribution in [0.25, 0.3) is 22.1 Å². The molecule has 1 saturated heterocycles. The van der Waals surface area contributed by atoms with Crippen molar-refractivity contribution >= 4 is 11.0 Å². The Morgan fingerprint density at radius 2 is 1.64 bits per heavy atom. The molecule has 0 amide bonds. The number of fused-ring (bicyclic) bond motifs is 1. The van der Waals surface area contributed by atoms with Crippen LogP contribution in [0.3, 0.4) is 0 Å². The highest BCUT2D eigenvalue weighted by Gasteiger charge is 2.18. The maximum Gasteiger partial charge on any atom is 0.138 e. The molecule has 2 heterocycles. The van der Waals surface area contributed by atoms with Crippen LogP contribution < -0.4 is 9.47 Å². The number of nitrogens with zero attached hydrogens (tertiary/aromatic N) is 1. The van der Waals surface area contributed by atoms with Crippen molar-refractivity contribution in [2.45, 2.75) is 19.3 Å². The number of ether oxygens (including phenoxy) is 2. The molecule has 1 aliphatic rings. The summed E-state index contributed by atoms with van der Waals surface area (Å²) in [4.78, 5) is 2.45. The molecule has 0 bridgehead atoms. The normalized spacial score (nSPS) is 14.1. The Morgan fingerprint density at radius 3 is 2.36 bits per heavy atom. The molecule has 0 radical (unpaired) electrons. The molecule has 33 heavy (non-hydrogen) atoms. The monoisotopic (exact) mass is 445 g/mol. The third-order valence-electron chi connectivity index (χ3n) is 6.27. The summed E-state index contributed by atoms with van der Waals surface area (Å²) in [6, 6.07) is 20.6. The molecule has 170 valence electrons. The molecule has 4 aromatic rings. The summed E-state index contributed by atoms with van der Waals surface area (Å²) in [5.41, 5.74) is 3.86. The third-order valence-corrected chi connectivity index (χ3v) is 6.27. The lowest BCUT2D eigenvalue weighted by molar-refractivity contribution is 0.238. The van der Waals surface area contributed by atoms with Crippen molar-refractivity contribution in [3.63, 3.8) is 0 Å². The van der Waals surface area contributed by atoms with Crippen molar-refractivity contribution < 1.29 is 18.3 Å². The summed E-state index contributed by atoms with van der Waals surface area (Å²) in [6.45, 7) is 4.02. The molecular weight excluding hydrogens is 417 g/mol. The highest BCUT2D eigenvalue weighted by atomic mass is 19.1. The average Bonchev–Trinajstić information content (AvgIpc) is 3.48. The van der Waals surface area contributed by atoms with Crippen LogP contribution in [-0.2, 0) is 6.42 Å². The van der Waals surface area contributed by atoms with Crippen molar-refractivity contribution in [3.8, 4) is 22.6 Å². The predicted octanol–water partition coefficient (Wildman–Crippen LogP) is 6.31. The van der Waals surface area contributed by atoms with Gasteiger partial charge in [0.25, 0.3) is 0 Å². The second kappa shape index (κ2) is 9.67. The third kappa shape index (κ3) is 4.88. The number of furan rings is 1. The number of hydrogen-bond donors (Lipinski definition) is 0. The Balaban J connectivity index is 1.42. The molecule has 0 spiro atoms. The molecule has 0 saturated carbocycles. The van der Waals surface area contributed by atoms with Gasteiger partial charge in [0.05, 0.1) is 7.11 Å². The molecule has 1 aromatic heterocycles. The zero-order valence-corrected chi connectivity index (χ0v) is 18.9. The second-order valence-corrected chi connectivity index (χ2v) is 8.49. The van der Waals surface area contributed by atoms with E-state index < -0.39 is 0 Å². The van der Waals surface area contributed by atoms with Crippen LogP contribution in [-0.4, -0.2) is 38.3 Å². The highest BCUT2D eigenvalue weighted by molar-refractivity contribution is 5.96. The van der Waals surface area contributed by atoms with Gasteiger partial charge in [-0.25, -0.2) is 4.39 Å². The van der Waals surface area contributed by atoms with E-state index in [1.807, 2.05) is 30.3 Å². The van der Waals surface area contributed by atoms with E-state index in [1.165, 1.54) is 38.1 Å². The summed E-state index contributed by atoms with van der Waals surface area (Å²) in [7, 11) is 1.65. The highest BCUT2D eigenvalue weighted by Crippen LogP contribution is 2.38. The Labute approximate surface area is 193 Å². The van der Waals surface area contributed by atoms with E-state index in [9.17, 15) is 4.39 Å². The van der Waals surface area contributed by atoms with Gasteiger partial charge in [0.2, 0.25) is 0 Å². The first-order valence-electron chi connectivity index (χ1n) is 11.5. The lowest BCUT2D eigenvalue weighted by atomic mass is 9.98. The molecule has 0 unspecified atom stereocenters. The van der Waals surface area contributed by atoms with Crippen molar-refractivity contribution in [2.24, 2.45) is 0 Å². The van der Waals surface area contributed by atoms with Gasteiger partial charge < -0.3 is 13.9 Å². The van der Waals surface area contributed by atoms with Crippen molar-refractivity contribution in [1.29, 1.82) is 0 Å². The summed E-state index contributed by atoms with van der Waals surface area (Å²) in [6.07, 6.45) is 3.15. The molecule has 0 N–H and O–H groups in total. The fourth-order valence-electron chi connectivity index (χ4n) is 4.50. The quantitative estimate of drug-likeness (QED) is 0.318. The van der Waals surface area contributed by atoms with E-state index >= 15 is 0 Å². The number of methoxy groups -OCH3 is 1. The summed E-state index contributed by atoms with van der Waals surface area (Å²) in [5.74, 6) is 2.21. The van der Waals surface area contributed by atoms with Gasteiger partial charge >= 0.3 is 0 Å². The molecular formula is C28H28FNO3. The van der Waals surface area contributed by atoms with Crippen LogP contribution in [0.4, 0.5) is 4.39 Å². The number of benzene rings is 3. The van der Waals surface area contributed by atoms with Crippen LogP contribution in [0.2, 0.25) is 0 Å². The number of halogens is 1. The molecule has 5 heteroatoms. The SMILES string of the molecule is COc1ccc2c(-c3ccc(OCCN4CCCC4)cc3)c(Cc3ccc(F)cc3)oc2c1. The van der Waals surface area contributed by atoms with E-state index in [1.54, 1.807) is 19.2 Å². The van der Waals surface area contributed by atoms with E-state index in [2.05, 4.69) is 17.0 Å². The van der Waals surface area contributed by atoms with Gasteiger partial charge in [-0.15, -0.1) is 0 Å². The van der Waals surface area contributed by atoms with E-state index in [4.69, 9.17) is 13.9 Å². The minimum atomic E-state index is -0.242. The fraction of sp³-hybridized carbons (Fsp3) is 0.286. The van der Waals surface area contributed by atoms with E-state index in [0.717, 1.165) is 51.5 Å². The Hall–Kier alpha value is -3.31. The van der Waals surface area contributed by atoms with Gasteiger partial charge in [-0.3, -0.25) is 4.90 Å². The van der Waals surface area contributed by atoms with Gasteiger partial charge in [-0.2, -0.15) is 0 Å². The van der Waals surface area contributed by atoms with Crippen molar-refractivity contribution in [2.75, 3.05) is 33.4 Å². The van der Waals surface area contributed by atoms with Crippen molar-refractivity contribution in [1.82, 2.24) is 4.90 Å². The fourth-order valence-corrected chi connectivity index (χ4v) is 4.50. The largest absolute Gasteiger partial charge is 0.497 e. The van der Waals surface area contributed by atoms with Gasteiger partial charge in [0.15, 0.2) is 0 Å². The average molecular weight is 446 g/mol. The lowest BCUT2D eigenvalue weighted by Gasteiger charge is -2.15. The molecule has 1 aliphatic heterocycles. The number of rotatable bonds is 8. The van der Waals surface area contributed by atoms with E-state index in [-0.39, 0.29) is 5.82 Å². The molecule has 0 aliphatic carbocycles. The molecule has 0 atom stereocenters. The molecule has 1 fully saturated rings. The summed E-state index contributed by atoms with van der Waals surface area (Å²) in [5, 5.41) is 1.02. The Bertz CT molecular complexity index is 1210. The van der Waals surface area contributed by atoms with Crippen LogP contribution in [0.15, 0.2) is 71.1 Å². The number of likely N-dealkylation sites (tertiary alicyclic amines) is 1. The minimum absolute atomic E-state index is 0.242. The summed E-state index contributed by atoms with van der Waals surface area (Å²) >= 11 is 0. The maximum absolute atomic E-state index is 13.4. The maximum atomic E-state index is 13.4. The van der Waals surface area contributed by atoms with Crippen LogP contribution in [0.1, 0.15) is 24.2 Å². The second-order valence-electron chi connectivity index (χ2n) is 8.49. The first-order valence-corrected chi connectivity index (χ1v) is 11.5. The molecule has 4 nitrogen and oxygen atoms in total. The van der Waals surface area contributed by atoms with E-state index in [0.29, 0.717) is 13.0 Å². The van der Waals surface area contributed by atoms with Crippen molar-refractivity contribution in [3.05, 3.63) is 83.9 Å². The summed E-state index contributed by atoms with van der Waals surface area (Å²) < 4.78 is 31.0. The Kier molecular flexibility index (Phi) is 6.31. The van der Waals surface area contributed by atoms with Gasteiger partial charge in [0.1, 0.15) is 35.3 Å². The van der Waals surface area contributed by atoms with Crippen LogP contribution >= 0.6 is 0 Å². The molecule has 5 rings (SSSR count). The number of hydrogen-bond acceptors (Lipinski definition) is 4. The van der Waals surface area contributed by atoms with Gasteiger partial charge in [-0.1, -0.05) is 24.3 Å². The zero-order chi connectivity index (χ0) is 22.6. The standard InChI is InChI=1S/C28H28FNO3/c1-31-24-12-13-25-26(19-24)33-27(18-20-4-8-22(29)9-5-20)28(25)21-6-10-23(11-7-21)32-17-16-30-14-2-3-15-30/h4-13,19H,2-3,14-18H2,1H3. The topological polar surface area (TPSA) is 34.8 Å². The predicted molar refractivity (Wildman–Crippen MR) is 129 cm³/mol. The van der Waals surface area contributed by atoms with Gasteiger partial charge in [0, 0.05) is 30.0 Å². The smallest absolute Gasteiger partial charge is 0.138 e. The lowest BCUT2D eigenvalue weighted by Crippen LogP contribution is -2.25. The first kappa shape index (κ1) is 21.5. The molecule has 3 aromatic carbocycles. The van der Waals surface area contributed by atoms with Crippen LogP contribution in [0, 0.1) is 5.82 Å².